The molecule has 0 radical (unpaired) electrons. The fourth-order valence-corrected chi connectivity index (χ4v) is 1.99. The minimum atomic E-state index is -1.41. The van der Waals surface area contributed by atoms with Crippen LogP contribution < -0.4 is 4.74 Å². The highest BCUT2D eigenvalue weighted by molar-refractivity contribution is 5.42. The van der Waals surface area contributed by atoms with Gasteiger partial charge < -0.3 is 9.84 Å². The van der Waals surface area contributed by atoms with Crippen LogP contribution in [0.1, 0.15) is 22.8 Å². The molecule has 0 saturated carbocycles. The molecule has 0 aliphatic carbocycles. The molecule has 19 heavy (non-hydrogen) atoms. The van der Waals surface area contributed by atoms with Crippen molar-refractivity contribution in [1.29, 1.82) is 0 Å². The first kappa shape index (κ1) is 13.5. The van der Waals surface area contributed by atoms with Crippen molar-refractivity contribution in [2.75, 3.05) is 7.11 Å². The van der Waals surface area contributed by atoms with Gasteiger partial charge in [-0.25, -0.2) is 8.78 Å². The number of aryl methyl sites for hydroxylation is 1. The number of hydrogen-bond donors (Lipinski definition) is 1. The van der Waals surface area contributed by atoms with Gasteiger partial charge in [-0.15, -0.1) is 0 Å². The molecule has 0 spiro atoms. The molecule has 2 aromatic carbocycles. The summed E-state index contributed by atoms with van der Waals surface area (Å²) in [5, 5.41) is 10.2. The van der Waals surface area contributed by atoms with Crippen molar-refractivity contribution in [3.8, 4) is 5.75 Å². The van der Waals surface area contributed by atoms with Crippen molar-refractivity contribution in [3.63, 3.8) is 0 Å². The van der Waals surface area contributed by atoms with E-state index in [9.17, 15) is 13.9 Å². The second kappa shape index (κ2) is 5.36. The van der Waals surface area contributed by atoms with Gasteiger partial charge in [0.1, 0.15) is 23.5 Å². The molecule has 0 saturated heterocycles. The monoisotopic (exact) mass is 264 g/mol. The summed E-state index contributed by atoms with van der Waals surface area (Å²) in [6, 6.07) is 8.53. The third-order valence-corrected chi connectivity index (χ3v) is 2.95. The average Bonchev–Trinajstić information content (AvgIpc) is 2.40. The maximum Gasteiger partial charge on any atom is 0.133 e. The van der Waals surface area contributed by atoms with Gasteiger partial charge in [-0.1, -0.05) is 23.8 Å². The van der Waals surface area contributed by atoms with E-state index in [0.29, 0.717) is 0 Å². The molecule has 0 bridgehead atoms. The summed E-state index contributed by atoms with van der Waals surface area (Å²) < 4.78 is 32.6. The van der Waals surface area contributed by atoms with E-state index >= 15 is 0 Å². The van der Waals surface area contributed by atoms with Crippen LogP contribution in [-0.2, 0) is 0 Å². The van der Waals surface area contributed by atoms with Crippen LogP contribution in [0.25, 0.3) is 0 Å². The minimum absolute atomic E-state index is 0.0309. The molecule has 1 N–H and O–H groups in total. The van der Waals surface area contributed by atoms with Gasteiger partial charge in [0.25, 0.3) is 0 Å². The number of methoxy groups -OCH3 is 1. The highest BCUT2D eigenvalue weighted by Gasteiger charge is 2.22. The summed E-state index contributed by atoms with van der Waals surface area (Å²) in [6.45, 7) is 1.77. The number of hydrogen-bond acceptors (Lipinski definition) is 2. The van der Waals surface area contributed by atoms with Crippen LogP contribution in [0, 0.1) is 18.6 Å². The molecule has 0 aliphatic heterocycles. The van der Waals surface area contributed by atoms with Crippen LogP contribution in [0.4, 0.5) is 8.78 Å². The van der Waals surface area contributed by atoms with Crippen LogP contribution in [0.3, 0.4) is 0 Å². The lowest BCUT2D eigenvalue weighted by Gasteiger charge is -2.17. The smallest absolute Gasteiger partial charge is 0.133 e. The predicted molar refractivity (Wildman–Crippen MR) is 68.2 cm³/mol. The van der Waals surface area contributed by atoms with Gasteiger partial charge in [0.15, 0.2) is 0 Å². The Morgan fingerprint density at radius 2 is 1.84 bits per heavy atom. The molecular formula is C15H14F2O2. The van der Waals surface area contributed by atoms with Crippen LogP contribution >= 0.6 is 0 Å². The molecule has 1 unspecified atom stereocenters. The van der Waals surface area contributed by atoms with Crippen molar-refractivity contribution in [2.24, 2.45) is 0 Å². The Balaban J connectivity index is 2.55. The number of aliphatic hydroxyl groups is 1. The Morgan fingerprint density at radius 3 is 2.53 bits per heavy atom. The third kappa shape index (κ3) is 2.58. The molecule has 2 rings (SSSR count). The number of halogens is 2. The van der Waals surface area contributed by atoms with Crippen molar-refractivity contribution < 1.29 is 18.6 Å². The van der Waals surface area contributed by atoms with Gasteiger partial charge in [0.05, 0.1) is 12.7 Å². The van der Waals surface area contributed by atoms with E-state index in [0.717, 1.165) is 5.56 Å². The average molecular weight is 264 g/mol. The zero-order valence-electron chi connectivity index (χ0n) is 10.7. The molecule has 100 valence electrons. The highest BCUT2D eigenvalue weighted by atomic mass is 19.1. The number of rotatable bonds is 3. The van der Waals surface area contributed by atoms with Crippen molar-refractivity contribution in [1.82, 2.24) is 0 Å². The van der Waals surface area contributed by atoms with E-state index in [1.54, 1.807) is 13.0 Å². The SMILES string of the molecule is COc1cccc(F)c1C(O)c1cc(C)ccc1F. The van der Waals surface area contributed by atoms with Gasteiger partial charge in [-0.3, -0.25) is 0 Å². The van der Waals surface area contributed by atoms with Crippen molar-refractivity contribution in [2.45, 2.75) is 13.0 Å². The highest BCUT2D eigenvalue weighted by Crippen LogP contribution is 2.33. The lowest BCUT2D eigenvalue weighted by Crippen LogP contribution is -2.07. The van der Waals surface area contributed by atoms with E-state index in [2.05, 4.69) is 0 Å². The van der Waals surface area contributed by atoms with Gasteiger partial charge in [0.2, 0.25) is 0 Å². The van der Waals surface area contributed by atoms with Crippen LogP contribution in [0.2, 0.25) is 0 Å². The molecular weight excluding hydrogens is 250 g/mol. The summed E-state index contributed by atoms with van der Waals surface area (Å²) in [5.74, 6) is -1.02. The summed E-state index contributed by atoms with van der Waals surface area (Å²) in [5.41, 5.74) is 0.753. The molecule has 0 aliphatic rings. The second-order valence-corrected chi connectivity index (χ2v) is 4.28. The molecule has 0 heterocycles. The van der Waals surface area contributed by atoms with Crippen LogP contribution in [0.5, 0.6) is 5.75 Å². The first-order chi connectivity index (χ1) is 9.04. The van der Waals surface area contributed by atoms with Gasteiger partial charge in [-0.05, 0) is 25.1 Å². The van der Waals surface area contributed by atoms with Gasteiger partial charge in [0, 0.05) is 5.56 Å². The number of ether oxygens (including phenoxy) is 1. The van der Waals surface area contributed by atoms with E-state index in [-0.39, 0.29) is 16.9 Å². The first-order valence-corrected chi connectivity index (χ1v) is 5.81. The molecule has 0 amide bonds. The van der Waals surface area contributed by atoms with Gasteiger partial charge in [-0.2, -0.15) is 0 Å². The quantitative estimate of drug-likeness (QED) is 0.921. The number of aliphatic hydroxyl groups excluding tert-OH is 1. The van der Waals surface area contributed by atoms with E-state index < -0.39 is 17.7 Å². The van der Waals surface area contributed by atoms with Crippen LogP contribution in [0.15, 0.2) is 36.4 Å². The van der Waals surface area contributed by atoms with Crippen molar-refractivity contribution in [3.05, 3.63) is 64.7 Å². The van der Waals surface area contributed by atoms with E-state index in [1.165, 1.54) is 37.4 Å². The maximum absolute atomic E-state index is 13.8. The second-order valence-electron chi connectivity index (χ2n) is 4.28. The third-order valence-electron chi connectivity index (χ3n) is 2.95. The minimum Gasteiger partial charge on any atom is -0.496 e. The van der Waals surface area contributed by atoms with Crippen molar-refractivity contribution >= 4 is 0 Å². The molecule has 4 heteroatoms. The fourth-order valence-electron chi connectivity index (χ4n) is 1.99. The predicted octanol–water partition coefficient (Wildman–Crippen LogP) is 3.36. The summed E-state index contributed by atoms with van der Waals surface area (Å²) in [6.07, 6.45) is -1.41. The summed E-state index contributed by atoms with van der Waals surface area (Å²) in [7, 11) is 1.37. The summed E-state index contributed by atoms with van der Waals surface area (Å²) >= 11 is 0. The Labute approximate surface area is 110 Å². The molecule has 0 aromatic heterocycles. The zero-order valence-corrected chi connectivity index (χ0v) is 10.7. The number of benzene rings is 2. The Bertz CT molecular complexity index is 597. The Kier molecular flexibility index (Phi) is 3.81. The standard InChI is InChI=1S/C15H14F2O2/c1-9-6-7-11(16)10(8-9)15(18)14-12(17)4-3-5-13(14)19-2/h3-8,15,18H,1-2H3. The first-order valence-electron chi connectivity index (χ1n) is 5.81. The lowest BCUT2D eigenvalue weighted by atomic mass is 9.98. The van der Waals surface area contributed by atoms with E-state index in [1.807, 2.05) is 0 Å². The molecule has 0 fully saturated rings. The normalized spacial score (nSPS) is 12.3. The molecule has 2 nitrogen and oxygen atoms in total. The van der Waals surface area contributed by atoms with E-state index in [4.69, 9.17) is 4.74 Å². The summed E-state index contributed by atoms with van der Waals surface area (Å²) in [4.78, 5) is 0. The molecule has 2 aromatic rings. The van der Waals surface area contributed by atoms with Gasteiger partial charge >= 0.3 is 0 Å². The zero-order chi connectivity index (χ0) is 14.0. The van der Waals surface area contributed by atoms with Crippen LogP contribution in [-0.4, -0.2) is 12.2 Å². The lowest BCUT2D eigenvalue weighted by molar-refractivity contribution is 0.204. The fraction of sp³-hybridized carbons (Fsp3) is 0.200. The Hall–Kier alpha value is -1.94. The Morgan fingerprint density at radius 1 is 1.11 bits per heavy atom. The maximum atomic E-state index is 13.8. The molecule has 1 atom stereocenters. The topological polar surface area (TPSA) is 29.5 Å². The largest absolute Gasteiger partial charge is 0.496 e.